The van der Waals surface area contributed by atoms with Gasteiger partial charge in [-0.3, -0.25) is 4.79 Å². The van der Waals surface area contributed by atoms with Gasteiger partial charge in [-0.1, -0.05) is 30.3 Å². The summed E-state index contributed by atoms with van der Waals surface area (Å²) in [5.41, 5.74) is 2.68. The van der Waals surface area contributed by atoms with Gasteiger partial charge in [-0.15, -0.1) is 0 Å². The lowest BCUT2D eigenvalue weighted by Gasteiger charge is -2.12. The van der Waals surface area contributed by atoms with Crippen LogP contribution in [-0.2, 0) is 27.8 Å². The Labute approximate surface area is 201 Å². The van der Waals surface area contributed by atoms with Gasteiger partial charge in [-0.05, 0) is 68.1 Å². The molecular weight excluding hydrogens is 454 g/mol. The van der Waals surface area contributed by atoms with Gasteiger partial charge in [-0.25, -0.2) is 8.42 Å². The van der Waals surface area contributed by atoms with Crippen molar-refractivity contribution in [2.45, 2.75) is 38.7 Å². The molecule has 0 spiro atoms. The first-order valence-corrected chi connectivity index (χ1v) is 13.1. The van der Waals surface area contributed by atoms with Crippen LogP contribution in [0.5, 0.6) is 11.5 Å². The summed E-state index contributed by atoms with van der Waals surface area (Å²) in [5.74, 6) is 0.968. The quantitative estimate of drug-likeness (QED) is 0.407. The first-order chi connectivity index (χ1) is 16.3. The van der Waals surface area contributed by atoms with Gasteiger partial charge in [0.1, 0.15) is 11.5 Å². The Balaban J connectivity index is 1.54. The van der Waals surface area contributed by atoms with Crippen molar-refractivity contribution >= 4 is 15.7 Å². The zero-order valence-corrected chi connectivity index (χ0v) is 20.6. The van der Waals surface area contributed by atoms with E-state index in [-0.39, 0.29) is 23.0 Å². The number of aryl methyl sites for hydroxylation is 1. The normalized spacial score (nSPS) is 11.3. The smallest absolute Gasteiger partial charge is 0.287 e. The SMILES string of the molecule is CCOc1ccc(CCNC(=O)c2ccc(CS(=O)(=O)Cc3ccccc3C)o2)cc1OCC. The molecule has 2 aromatic carbocycles. The van der Waals surface area contributed by atoms with Crippen molar-refractivity contribution in [2.24, 2.45) is 0 Å². The van der Waals surface area contributed by atoms with E-state index in [0.29, 0.717) is 37.7 Å². The molecule has 0 bridgehead atoms. The third kappa shape index (κ3) is 7.12. The molecule has 3 rings (SSSR count). The largest absolute Gasteiger partial charge is 0.490 e. The number of nitrogens with one attached hydrogen (secondary N) is 1. The topological polar surface area (TPSA) is 94.8 Å². The van der Waals surface area contributed by atoms with Gasteiger partial charge in [0.15, 0.2) is 27.1 Å². The lowest BCUT2D eigenvalue weighted by Crippen LogP contribution is -2.25. The summed E-state index contributed by atoms with van der Waals surface area (Å²) in [6.07, 6.45) is 0.594. The predicted molar refractivity (Wildman–Crippen MR) is 131 cm³/mol. The molecule has 0 fully saturated rings. The van der Waals surface area contributed by atoms with Gasteiger partial charge < -0.3 is 19.2 Å². The number of hydrogen-bond acceptors (Lipinski definition) is 6. The van der Waals surface area contributed by atoms with Crippen molar-refractivity contribution in [3.05, 3.63) is 82.8 Å². The second kappa shape index (κ2) is 11.7. The van der Waals surface area contributed by atoms with Crippen LogP contribution in [-0.4, -0.2) is 34.1 Å². The van der Waals surface area contributed by atoms with Crippen LogP contribution < -0.4 is 14.8 Å². The van der Waals surface area contributed by atoms with Crippen LogP contribution in [0.4, 0.5) is 0 Å². The fourth-order valence-electron chi connectivity index (χ4n) is 3.51. The molecule has 1 aromatic heterocycles. The number of furan rings is 1. The molecule has 1 N–H and O–H groups in total. The molecule has 1 amide bonds. The maximum absolute atomic E-state index is 12.6. The molecule has 0 unspecified atom stereocenters. The molecule has 0 aliphatic heterocycles. The molecule has 182 valence electrons. The lowest BCUT2D eigenvalue weighted by atomic mass is 10.1. The molecule has 0 atom stereocenters. The van der Waals surface area contributed by atoms with Crippen LogP contribution in [0, 0.1) is 6.92 Å². The van der Waals surface area contributed by atoms with Crippen molar-refractivity contribution in [1.82, 2.24) is 5.32 Å². The third-order valence-electron chi connectivity index (χ3n) is 5.19. The van der Waals surface area contributed by atoms with Crippen LogP contribution in [0.15, 0.2) is 59.0 Å². The minimum absolute atomic E-state index is 0.0757. The molecule has 0 radical (unpaired) electrons. The third-order valence-corrected chi connectivity index (χ3v) is 6.67. The summed E-state index contributed by atoms with van der Waals surface area (Å²) in [6, 6.07) is 16.1. The summed E-state index contributed by atoms with van der Waals surface area (Å²) in [7, 11) is -3.44. The standard InChI is InChI=1S/C26H31NO6S/c1-4-31-23-12-10-20(16-25(23)32-5-2)14-15-27-26(28)24-13-11-22(33-24)18-34(29,30)17-21-9-7-6-8-19(21)3/h6-13,16H,4-5,14-15,17-18H2,1-3H3,(H,27,28). The number of hydrogen-bond donors (Lipinski definition) is 1. The number of rotatable bonds is 12. The van der Waals surface area contributed by atoms with Crippen molar-refractivity contribution < 1.29 is 27.1 Å². The lowest BCUT2D eigenvalue weighted by molar-refractivity contribution is 0.0925. The van der Waals surface area contributed by atoms with Crippen LogP contribution in [0.2, 0.25) is 0 Å². The first kappa shape index (κ1) is 25.4. The zero-order chi connectivity index (χ0) is 24.6. The summed E-state index contributed by atoms with van der Waals surface area (Å²) in [5, 5.41) is 2.81. The number of benzene rings is 2. The number of ether oxygens (including phenoxy) is 2. The van der Waals surface area contributed by atoms with E-state index in [1.165, 1.54) is 12.1 Å². The van der Waals surface area contributed by atoms with Gasteiger partial charge in [-0.2, -0.15) is 0 Å². The van der Waals surface area contributed by atoms with E-state index in [0.717, 1.165) is 16.7 Å². The van der Waals surface area contributed by atoms with Gasteiger partial charge in [0.25, 0.3) is 5.91 Å². The van der Waals surface area contributed by atoms with Crippen LogP contribution in [0.3, 0.4) is 0 Å². The van der Waals surface area contributed by atoms with E-state index in [4.69, 9.17) is 13.9 Å². The average molecular weight is 486 g/mol. The van der Waals surface area contributed by atoms with Crippen LogP contribution in [0.25, 0.3) is 0 Å². The van der Waals surface area contributed by atoms with Crippen LogP contribution in [0.1, 0.15) is 46.9 Å². The van der Waals surface area contributed by atoms with Crippen molar-refractivity contribution in [2.75, 3.05) is 19.8 Å². The Morgan fingerprint density at radius 1 is 0.941 bits per heavy atom. The maximum atomic E-state index is 12.6. The Morgan fingerprint density at radius 3 is 2.41 bits per heavy atom. The molecule has 0 saturated heterocycles. The first-order valence-electron chi connectivity index (χ1n) is 11.3. The van der Waals surface area contributed by atoms with Gasteiger partial charge in [0, 0.05) is 6.54 Å². The highest BCUT2D eigenvalue weighted by molar-refractivity contribution is 7.89. The summed E-state index contributed by atoms with van der Waals surface area (Å²) in [4.78, 5) is 12.5. The van der Waals surface area contributed by atoms with E-state index >= 15 is 0 Å². The molecule has 1 heterocycles. The Hall–Kier alpha value is -3.26. The highest BCUT2D eigenvalue weighted by atomic mass is 32.2. The van der Waals surface area contributed by atoms with Gasteiger partial charge >= 0.3 is 0 Å². The minimum atomic E-state index is -3.44. The Kier molecular flexibility index (Phi) is 8.76. The second-order valence-electron chi connectivity index (χ2n) is 7.88. The molecule has 0 aliphatic carbocycles. The Morgan fingerprint density at radius 2 is 1.68 bits per heavy atom. The van der Waals surface area contributed by atoms with E-state index in [1.54, 1.807) is 6.07 Å². The number of carbonyl (C=O) groups excluding carboxylic acids is 1. The minimum Gasteiger partial charge on any atom is -0.490 e. The molecule has 34 heavy (non-hydrogen) atoms. The molecule has 0 saturated carbocycles. The van der Waals surface area contributed by atoms with E-state index < -0.39 is 15.7 Å². The summed E-state index contributed by atoms with van der Waals surface area (Å²) >= 11 is 0. The fourth-order valence-corrected chi connectivity index (χ4v) is 5.00. The fraction of sp³-hybridized carbons (Fsp3) is 0.346. The van der Waals surface area contributed by atoms with Gasteiger partial charge in [0.2, 0.25) is 0 Å². The van der Waals surface area contributed by atoms with Crippen molar-refractivity contribution in [1.29, 1.82) is 0 Å². The monoisotopic (exact) mass is 485 g/mol. The van der Waals surface area contributed by atoms with E-state index in [1.807, 2.05) is 57.2 Å². The molecular formula is C26H31NO6S. The van der Waals surface area contributed by atoms with Crippen LogP contribution >= 0.6 is 0 Å². The van der Waals surface area contributed by atoms with Crippen molar-refractivity contribution in [3.8, 4) is 11.5 Å². The Bertz CT molecular complexity index is 1220. The molecule has 0 aliphatic rings. The van der Waals surface area contributed by atoms with E-state index in [2.05, 4.69) is 5.32 Å². The second-order valence-corrected chi connectivity index (χ2v) is 9.94. The molecule has 3 aromatic rings. The highest BCUT2D eigenvalue weighted by Crippen LogP contribution is 2.28. The zero-order valence-electron chi connectivity index (χ0n) is 19.8. The number of amides is 1. The number of sulfone groups is 1. The number of carbonyl (C=O) groups is 1. The highest BCUT2D eigenvalue weighted by Gasteiger charge is 2.19. The molecule has 8 heteroatoms. The average Bonchev–Trinajstić information content (AvgIpc) is 3.25. The predicted octanol–water partition coefficient (Wildman–Crippen LogP) is 4.47. The summed E-state index contributed by atoms with van der Waals surface area (Å²) in [6.45, 7) is 7.17. The van der Waals surface area contributed by atoms with Crippen molar-refractivity contribution in [3.63, 3.8) is 0 Å². The molecule has 7 nitrogen and oxygen atoms in total. The van der Waals surface area contributed by atoms with Gasteiger partial charge in [0.05, 0.1) is 19.0 Å². The maximum Gasteiger partial charge on any atom is 0.287 e. The summed E-state index contributed by atoms with van der Waals surface area (Å²) < 4.78 is 41.9. The van der Waals surface area contributed by atoms with E-state index in [9.17, 15) is 13.2 Å².